The molecule has 0 N–H and O–H groups in total. The molecule has 2 heterocycles. The molecular formula is C23H20N2O2. The van der Waals surface area contributed by atoms with Gasteiger partial charge in [0.2, 0.25) is 0 Å². The van der Waals surface area contributed by atoms with Gasteiger partial charge in [0.15, 0.2) is 5.78 Å². The van der Waals surface area contributed by atoms with Crippen LogP contribution in [0.3, 0.4) is 0 Å². The van der Waals surface area contributed by atoms with E-state index in [2.05, 4.69) is 17.0 Å². The summed E-state index contributed by atoms with van der Waals surface area (Å²) in [6.07, 6.45) is 2.72. The summed E-state index contributed by atoms with van der Waals surface area (Å²) >= 11 is 0. The van der Waals surface area contributed by atoms with Crippen molar-refractivity contribution in [2.45, 2.75) is 6.42 Å². The normalized spacial score (nSPS) is 18.3. The van der Waals surface area contributed by atoms with Crippen molar-refractivity contribution in [3.05, 3.63) is 76.9 Å². The van der Waals surface area contributed by atoms with Crippen molar-refractivity contribution in [2.24, 2.45) is 0 Å². The van der Waals surface area contributed by atoms with Gasteiger partial charge in [-0.2, -0.15) is 0 Å². The fourth-order valence-corrected chi connectivity index (χ4v) is 3.92. The third-order valence-corrected chi connectivity index (χ3v) is 5.31. The molecule has 0 unspecified atom stereocenters. The Labute approximate surface area is 158 Å². The number of benzene rings is 2. The van der Waals surface area contributed by atoms with Gasteiger partial charge in [-0.25, -0.2) is 4.98 Å². The highest BCUT2D eigenvalue weighted by Crippen LogP contribution is 2.31. The smallest absolute Gasteiger partial charge is 0.189 e. The van der Waals surface area contributed by atoms with E-state index in [4.69, 9.17) is 9.72 Å². The molecular weight excluding hydrogens is 336 g/mol. The van der Waals surface area contributed by atoms with Crippen molar-refractivity contribution in [3.8, 4) is 0 Å². The molecule has 4 nitrogen and oxygen atoms in total. The van der Waals surface area contributed by atoms with Crippen molar-refractivity contribution in [3.63, 3.8) is 0 Å². The molecule has 3 aromatic rings. The van der Waals surface area contributed by atoms with E-state index in [0.717, 1.165) is 52.1 Å². The highest BCUT2D eigenvalue weighted by atomic mass is 16.5. The Morgan fingerprint density at radius 1 is 1.00 bits per heavy atom. The molecule has 0 radical (unpaired) electrons. The van der Waals surface area contributed by atoms with Crippen molar-refractivity contribution in [1.82, 2.24) is 4.98 Å². The number of allylic oxidation sites excluding steroid dienone is 1. The molecule has 1 saturated heterocycles. The Balaban J connectivity index is 1.62. The second kappa shape index (κ2) is 6.63. The summed E-state index contributed by atoms with van der Waals surface area (Å²) in [5.74, 6) is 1.07. The zero-order valence-corrected chi connectivity index (χ0v) is 15.0. The van der Waals surface area contributed by atoms with Crippen LogP contribution in [0.25, 0.3) is 17.0 Å². The first kappa shape index (κ1) is 16.2. The van der Waals surface area contributed by atoms with E-state index in [1.54, 1.807) is 0 Å². The highest BCUT2D eigenvalue weighted by Gasteiger charge is 2.25. The van der Waals surface area contributed by atoms with Gasteiger partial charge in [-0.05, 0) is 23.8 Å². The van der Waals surface area contributed by atoms with Gasteiger partial charge in [0.05, 0.1) is 18.7 Å². The number of carbonyl (C=O) groups excluding carboxylic acids is 1. The summed E-state index contributed by atoms with van der Waals surface area (Å²) in [5.41, 5.74) is 4.75. The largest absolute Gasteiger partial charge is 0.378 e. The number of morpholine rings is 1. The summed E-state index contributed by atoms with van der Waals surface area (Å²) in [7, 11) is 0. The van der Waals surface area contributed by atoms with Crippen LogP contribution in [0.15, 0.2) is 60.2 Å². The second-order valence-electron chi connectivity index (χ2n) is 7.03. The van der Waals surface area contributed by atoms with E-state index in [1.807, 2.05) is 48.5 Å². The quantitative estimate of drug-likeness (QED) is 0.653. The minimum Gasteiger partial charge on any atom is -0.378 e. The maximum Gasteiger partial charge on any atom is 0.189 e. The number of pyridine rings is 1. The van der Waals surface area contributed by atoms with E-state index in [1.165, 1.54) is 0 Å². The summed E-state index contributed by atoms with van der Waals surface area (Å²) in [4.78, 5) is 20.0. The van der Waals surface area contributed by atoms with Crippen molar-refractivity contribution < 1.29 is 9.53 Å². The molecule has 0 saturated carbocycles. The Kier molecular flexibility index (Phi) is 3.98. The van der Waals surface area contributed by atoms with Crippen LogP contribution < -0.4 is 4.90 Å². The number of nitrogens with zero attached hydrogens (tertiary/aromatic N) is 2. The van der Waals surface area contributed by atoms with E-state index in [9.17, 15) is 4.79 Å². The predicted molar refractivity (Wildman–Crippen MR) is 107 cm³/mol. The van der Waals surface area contributed by atoms with Gasteiger partial charge in [0.1, 0.15) is 5.82 Å². The Hall–Kier alpha value is -2.98. The lowest BCUT2D eigenvalue weighted by molar-refractivity contribution is 0.104. The van der Waals surface area contributed by atoms with Gasteiger partial charge in [-0.15, -0.1) is 0 Å². The fraction of sp³-hybridized carbons (Fsp3) is 0.217. The fourth-order valence-electron chi connectivity index (χ4n) is 3.92. The lowest BCUT2D eigenvalue weighted by atomic mass is 10.1. The number of hydrogen-bond acceptors (Lipinski definition) is 4. The number of fused-ring (bicyclic) bond motifs is 2. The molecule has 0 amide bonds. The third kappa shape index (κ3) is 2.92. The van der Waals surface area contributed by atoms with Crippen LogP contribution in [0.5, 0.6) is 0 Å². The average Bonchev–Trinajstić information content (AvgIpc) is 3.04. The first-order valence-corrected chi connectivity index (χ1v) is 9.35. The van der Waals surface area contributed by atoms with Gasteiger partial charge in [-0.3, -0.25) is 4.79 Å². The maximum atomic E-state index is 12.8. The van der Waals surface area contributed by atoms with Crippen LogP contribution in [-0.2, 0) is 11.2 Å². The number of ether oxygens (including phenoxy) is 1. The lowest BCUT2D eigenvalue weighted by Crippen LogP contribution is -2.37. The molecule has 2 aromatic carbocycles. The molecule has 0 atom stereocenters. The Bertz CT molecular complexity index is 1060. The van der Waals surface area contributed by atoms with Crippen LogP contribution in [0.2, 0.25) is 0 Å². The summed E-state index contributed by atoms with van der Waals surface area (Å²) in [6.45, 7) is 3.04. The van der Waals surface area contributed by atoms with Crippen molar-refractivity contribution >= 4 is 28.6 Å². The molecule has 1 aliphatic heterocycles. The summed E-state index contributed by atoms with van der Waals surface area (Å²) < 4.78 is 5.50. The summed E-state index contributed by atoms with van der Waals surface area (Å²) in [5, 5.41) is 1.09. The maximum absolute atomic E-state index is 12.8. The monoisotopic (exact) mass is 356 g/mol. The number of anilines is 1. The van der Waals surface area contributed by atoms with E-state index in [-0.39, 0.29) is 5.78 Å². The van der Waals surface area contributed by atoms with Gasteiger partial charge in [0.25, 0.3) is 0 Å². The Morgan fingerprint density at radius 3 is 2.63 bits per heavy atom. The number of hydrogen-bond donors (Lipinski definition) is 0. The second-order valence-corrected chi connectivity index (χ2v) is 7.03. The average molecular weight is 356 g/mol. The zero-order chi connectivity index (χ0) is 18.2. The number of para-hydroxylation sites is 1. The van der Waals surface area contributed by atoms with Crippen molar-refractivity contribution in [1.29, 1.82) is 0 Å². The molecule has 0 bridgehead atoms. The minimum atomic E-state index is 0.131. The zero-order valence-electron chi connectivity index (χ0n) is 15.0. The Morgan fingerprint density at radius 2 is 1.78 bits per heavy atom. The number of rotatable bonds is 2. The molecule has 5 rings (SSSR count). The SMILES string of the molecule is O=C1C(=Cc2cc3ccccc3nc2N2CCOCC2)Cc2ccccc21. The summed E-state index contributed by atoms with van der Waals surface area (Å²) in [6, 6.07) is 18.2. The van der Waals surface area contributed by atoms with Crippen LogP contribution in [0.1, 0.15) is 21.5 Å². The van der Waals surface area contributed by atoms with Crippen LogP contribution in [0.4, 0.5) is 5.82 Å². The van der Waals surface area contributed by atoms with Gasteiger partial charge >= 0.3 is 0 Å². The van der Waals surface area contributed by atoms with Crippen molar-refractivity contribution in [2.75, 3.05) is 31.2 Å². The lowest BCUT2D eigenvalue weighted by Gasteiger charge is -2.29. The number of ketones is 1. The standard InChI is InChI=1S/C23H20N2O2/c26-22-18(13-16-5-1-3-7-20(16)22)15-19-14-17-6-2-4-8-21(17)24-23(19)25-9-11-27-12-10-25/h1-8,14-15H,9-13H2. The molecule has 2 aliphatic rings. The van der Waals surface area contributed by atoms with E-state index < -0.39 is 0 Å². The van der Waals surface area contributed by atoms with Crippen LogP contribution in [-0.4, -0.2) is 37.1 Å². The topological polar surface area (TPSA) is 42.4 Å². The highest BCUT2D eigenvalue weighted by molar-refractivity contribution is 6.15. The van der Waals surface area contributed by atoms with Gasteiger partial charge < -0.3 is 9.64 Å². The van der Waals surface area contributed by atoms with Crippen LogP contribution in [0, 0.1) is 0 Å². The molecule has 27 heavy (non-hydrogen) atoms. The number of Topliss-reactive ketones (excluding diaryl/α,β-unsaturated/α-hetero) is 1. The first-order chi connectivity index (χ1) is 13.3. The molecule has 1 aromatic heterocycles. The number of aromatic nitrogens is 1. The predicted octanol–water partition coefficient (Wildman–Crippen LogP) is 3.89. The van der Waals surface area contributed by atoms with E-state index >= 15 is 0 Å². The van der Waals surface area contributed by atoms with E-state index in [0.29, 0.717) is 19.6 Å². The molecule has 134 valence electrons. The molecule has 1 aliphatic carbocycles. The molecule has 4 heteroatoms. The minimum absolute atomic E-state index is 0.131. The van der Waals surface area contributed by atoms with Gasteiger partial charge in [-0.1, -0.05) is 42.5 Å². The number of carbonyl (C=O) groups is 1. The third-order valence-electron chi connectivity index (χ3n) is 5.31. The van der Waals surface area contributed by atoms with Gasteiger partial charge in [0, 0.05) is 41.6 Å². The van der Waals surface area contributed by atoms with Crippen LogP contribution >= 0.6 is 0 Å². The molecule has 0 spiro atoms. The first-order valence-electron chi connectivity index (χ1n) is 9.35. The molecule has 1 fully saturated rings.